The monoisotopic (exact) mass is 418 g/mol. The first kappa shape index (κ1) is 22.3. The summed E-state index contributed by atoms with van der Waals surface area (Å²) in [6.45, 7) is 4.11. The fourth-order valence-electron chi connectivity index (χ4n) is 4.76. The predicted octanol–water partition coefficient (Wildman–Crippen LogP) is 2.24. The highest BCUT2D eigenvalue weighted by molar-refractivity contribution is 6.00. The van der Waals surface area contributed by atoms with Gasteiger partial charge in [0, 0.05) is 11.8 Å². The molecule has 1 aromatic rings. The van der Waals surface area contributed by atoms with E-state index in [2.05, 4.69) is 32.2 Å². The first-order chi connectivity index (χ1) is 15.0. The van der Waals surface area contributed by atoms with E-state index < -0.39 is 17.3 Å². The second kappa shape index (κ2) is 9.21. The van der Waals surface area contributed by atoms with Crippen molar-refractivity contribution < 1.29 is 14.4 Å². The molecule has 1 unspecified atom stereocenters. The Hall–Kier alpha value is -3.34. The van der Waals surface area contributed by atoms with Crippen molar-refractivity contribution in [3.8, 4) is 29.7 Å². The van der Waals surface area contributed by atoms with Gasteiger partial charge < -0.3 is 19.8 Å². The summed E-state index contributed by atoms with van der Waals surface area (Å²) in [6.07, 6.45) is 3.96. The molecule has 1 aromatic carbocycles. The molecule has 160 valence electrons. The van der Waals surface area contributed by atoms with Crippen LogP contribution in [0.4, 0.5) is 0 Å². The second-order valence-electron chi connectivity index (χ2n) is 8.27. The van der Waals surface area contributed by atoms with E-state index in [1.807, 2.05) is 24.3 Å². The molecule has 0 amide bonds. The van der Waals surface area contributed by atoms with Crippen LogP contribution in [-0.4, -0.2) is 39.6 Å². The van der Waals surface area contributed by atoms with E-state index in [4.69, 9.17) is 14.9 Å². The van der Waals surface area contributed by atoms with E-state index in [9.17, 15) is 15.8 Å². The Balaban J connectivity index is 2.14. The molecule has 1 aliphatic heterocycles. The van der Waals surface area contributed by atoms with Crippen LogP contribution in [0.5, 0.6) is 11.5 Å². The number of quaternary nitrogens is 1. The molecule has 7 nitrogen and oxygen atoms in total. The Bertz CT molecular complexity index is 996. The van der Waals surface area contributed by atoms with E-state index in [1.165, 1.54) is 4.90 Å². The SMILES string of the molecule is CCCCOc1ccc([C@@H]2[C@@H]3C[NH+](C)CC=C3[C@@H](C#N)C(=N)C2(C#N)C#N)cc1OC. The summed E-state index contributed by atoms with van der Waals surface area (Å²) in [5.41, 5.74) is -0.245. The molecule has 1 aliphatic carbocycles. The summed E-state index contributed by atoms with van der Waals surface area (Å²) in [6, 6.07) is 11.9. The number of hydrogen-bond donors (Lipinski definition) is 2. The fraction of sp³-hybridized carbons (Fsp3) is 0.500. The van der Waals surface area contributed by atoms with Gasteiger partial charge in [-0.1, -0.05) is 19.4 Å². The van der Waals surface area contributed by atoms with Crippen LogP contribution in [0.3, 0.4) is 0 Å². The lowest BCUT2D eigenvalue weighted by molar-refractivity contribution is -0.878. The lowest BCUT2D eigenvalue weighted by atomic mass is 9.54. The lowest BCUT2D eigenvalue weighted by Crippen LogP contribution is -3.10. The standard InChI is InChI=1S/C24H27N5O2/c1-4-5-10-31-20-7-6-16(11-21(20)30-3)22-19-13-29(2)9-8-17(19)18(12-25)23(28)24(22,14-26)15-27/h6-8,11,18-19,22,28H,4-5,9-10,13H2,1-3H3/p+1/t18-,19-,22-/m1/s1. The number of likely N-dealkylation sites (N-methyl/N-ethyl adjacent to an activating group) is 1. The molecule has 7 heteroatoms. The third-order valence-electron chi connectivity index (χ3n) is 6.38. The third kappa shape index (κ3) is 3.76. The number of methoxy groups -OCH3 is 1. The number of fused-ring (bicyclic) bond motifs is 1. The summed E-state index contributed by atoms with van der Waals surface area (Å²) in [5, 5.41) is 38.7. The highest BCUT2D eigenvalue weighted by Gasteiger charge is 2.58. The minimum Gasteiger partial charge on any atom is -0.493 e. The number of nitrogens with zero attached hydrogens (tertiary/aromatic N) is 3. The molecule has 0 bridgehead atoms. The molecule has 0 aromatic heterocycles. The number of ether oxygens (including phenoxy) is 2. The Morgan fingerprint density at radius 1 is 1.23 bits per heavy atom. The Labute approximate surface area is 183 Å². The zero-order chi connectivity index (χ0) is 22.6. The van der Waals surface area contributed by atoms with Gasteiger partial charge in [0.05, 0.1) is 57.8 Å². The van der Waals surface area contributed by atoms with E-state index in [-0.39, 0.29) is 11.6 Å². The van der Waals surface area contributed by atoms with Gasteiger partial charge in [-0.15, -0.1) is 0 Å². The minimum absolute atomic E-state index is 0.130. The van der Waals surface area contributed by atoms with Gasteiger partial charge >= 0.3 is 0 Å². The van der Waals surface area contributed by atoms with Gasteiger partial charge in [0.2, 0.25) is 0 Å². The van der Waals surface area contributed by atoms with Crippen LogP contribution in [0.1, 0.15) is 31.2 Å². The molecule has 1 saturated carbocycles. The fourth-order valence-corrected chi connectivity index (χ4v) is 4.76. The normalized spacial score (nSPS) is 26.5. The van der Waals surface area contributed by atoms with Crippen LogP contribution in [0.2, 0.25) is 0 Å². The van der Waals surface area contributed by atoms with Crippen molar-refractivity contribution in [3.05, 3.63) is 35.4 Å². The van der Waals surface area contributed by atoms with Crippen molar-refractivity contribution in [1.29, 1.82) is 21.2 Å². The highest BCUT2D eigenvalue weighted by Crippen LogP contribution is 2.53. The summed E-state index contributed by atoms with van der Waals surface area (Å²) in [4.78, 5) is 1.24. The van der Waals surface area contributed by atoms with Crippen molar-refractivity contribution >= 4 is 5.71 Å². The first-order valence-corrected chi connectivity index (χ1v) is 10.6. The number of benzene rings is 1. The summed E-state index contributed by atoms with van der Waals surface area (Å²) >= 11 is 0. The van der Waals surface area contributed by atoms with Crippen LogP contribution < -0.4 is 14.4 Å². The molecular formula is C24H28N5O2+. The highest BCUT2D eigenvalue weighted by atomic mass is 16.5. The molecule has 1 fully saturated rings. The molecular weight excluding hydrogens is 390 g/mol. The lowest BCUT2D eigenvalue weighted by Gasteiger charge is -2.46. The van der Waals surface area contributed by atoms with E-state index in [0.29, 0.717) is 24.7 Å². The van der Waals surface area contributed by atoms with Crippen LogP contribution in [0, 0.1) is 56.7 Å². The molecule has 0 saturated heterocycles. The van der Waals surface area contributed by atoms with E-state index >= 15 is 0 Å². The summed E-state index contributed by atoms with van der Waals surface area (Å²) in [7, 11) is 3.61. The average Bonchev–Trinajstić information content (AvgIpc) is 2.79. The van der Waals surface area contributed by atoms with Gasteiger partial charge in [0.1, 0.15) is 5.92 Å². The van der Waals surface area contributed by atoms with E-state index in [1.54, 1.807) is 7.11 Å². The minimum atomic E-state index is -1.71. The number of hydrogen-bond acceptors (Lipinski definition) is 6. The van der Waals surface area contributed by atoms with Gasteiger partial charge in [-0.3, -0.25) is 0 Å². The quantitative estimate of drug-likeness (QED) is 0.542. The van der Waals surface area contributed by atoms with Crippen molar-refractivity contribution in [2.45, 2.75) is 25.7 Å². The van der Waals surface area contributed by atoms with Crippen molar-refractivity contribution in [2.24, 2.45) is 17.3 Å². The van der Waals surface area contributed by atoms with Crippen LogP contribution >= 0.6 is 0 Å². The maximum atomic E-state index is 10.1. The van der Waals surface area contributed by atoms with E-state index in [0.717, 1.165) is 30.5 Å². The number of nitriles is 3. The number of unbranched alkanes of at least 4 members (excludes halogenated alkanes) is 1. The Morgan fingerprint density at radius 2 is 1.97 bits per heavy atom. The van der Waals surface area contributed by atoms with Crippen LogP contribution in [0.25, 0.3) is 0 Å². The third-order valence-corrected chi connectivity index (χ3v) is 6.38. The molecule has 3 rings (SSSR count). The second-order valence-corrected chi connectivity index (χ2v) is 8.27. The zero-order valence-electron chi connectivity index (χ0n) is 18.2. The van der Waals surface area contributed by atoms with Crippen molar-refractivity contribution in [2.75, 3.05) is 33.9 Å². The van der Waals surface area contributed by atoms with Gasteiger partial charge in [-0.25, -0.2) is 0 Å². The molecule has 4 atom stereocenters. The largest absolute Gasteiger partial charge is 0.493 e. The summed E-state index contributed by atoms with van der Waals surface area (Å²) < 4.78 is 11.4. The van der Waals surface area contributed by atoms with Crippen LogP contribution in [0.15, 0.2) is 29.8 Å². The Kier molecular flexibility index (Phi) is 6.64. The molecule has 0 radical (unpaired) electrons. The van der Waals surface area contributed by atoms with Crippen molar-refractivity contribution in [3.63, 3.8) is 0 Å². The number of rotatable bonds is 6. The molecule has 1 heterocycles. The van der Waals surface area contributed by atoms with Crippen LogP contribution in [-0.2, 0) is 0 Å². The maximum absolute atomic E-state index is 10.1. The first-order valence-electron chi connectivity index (χ1n) is 10.6. The van der Waals surface area contributed by atoms with Gasteiger partial charge in [-0.05, 0) is 35.8 Å². The van der Waals surface area contributed by atoms with Crippen molar-refractivity contribution in [1.82, 2.24) is 0 Å². The molecule has 31 heavy (non-hydrogen) atoms. The van der Waals surface area contributed by atoms with Gasteiger partial charge in [0.25, 0.3) is 0 Å². The predicted molar refractivity (Wildman–Crippen MR) is 115 cm³/mol. The van der Waals surface area contributed by atoms with Gasteiger partial charge in [0.15, 0.2) is 16.9 Å². The Morgan fingerprint density at radius 3 is 2.58 bits per heavy atom. The smallest absolute Gasteiger partial charge is 0.189 e. The maximum Gasteiger partial charge on any atom is 0.189 e. The molecule has 2 aliphatic rings. The topological polar surface area (TPSA) is 118 Å². The zero-order valence-corrected chi connectivity index (χ0v) is 18.2. The van der Waals surface area contributed by atoms with Gasteiger partial charge in [-0.2, -0.15) is 15.8 Å². The summed E-state index contributed by atoms with van der Waals surface area (Å²) in [5.74, 6) is -0.452. The number of nitrogens with one attached hydrogen (secondary N) is 2. The average molecular weight is 419 g/mol. The molecule has 2 N–H and O–H groups in total. The molecule has 0 spiro atoms.